The number of aromatic nitrogens is 1. The molecule has 24 heavy (non-hydrogen) atoms. The molecule has 0 radical (unpaired) electrons. The van der Waals surface area contributed by atoms with Crippen molar-refractivity contribution in [3.8, 4) is 0 Å². The number of aliphatic hydroxyl groups is 1. The number of benzene rings is 1. The zero-order valence-corrected chi connectivity index (χ0v) is 13.3. The molecule has 1 aliphatic heterocycles. The second-order valence-electron chi connectivity index (χ2n) is 5.06. The van der Waals surface area contributed by atoms with Crippen LogP contribution in [0.4, 0.5) is 5.82 Å². The van der Waals surface area contributed by atoms with Gasteiger partial charge in [-0.1, -0.05) is 12.1 Å². The van der Waals surface area contributed by atoms with Crippen LogP contribution in [0.5, 0.6) is 0 Å². The summed E-state index contributed by atoms with van der Waals surface area (Å²) in [4.78, 5) is 26.3. The number of H-pyrrole nitrogens is 1. The molecule has 2 aromatic rings. The van der Waals surface area contributed by atoms with Gasteiger partial charge in [-0.15, -0.1) is 0 Å². The summed E-state index contributed by atoms with van der Waals surface area (Å²) in [5.41, 5.74) is -0.724. The van der Waals surface area contributed by atoms with E-state index in [1.54, 1.807) is 6.07 Å². The average Bonchev–Trinajstić information content (AvgIpc) is 2.53. The summed E-state index contributed by atoms with van der Waals surface area (Å²) < 4.78 is 25.7. The zero-order chi connectivity index (χ0) is 17.5. The number of carbonyl (C=O) groups excluding carboxylic acids is 1. The Labute approximate surface area is 137 Å². The van der Waals surface area contributed by atoms with Crippen molar-refractivity contribution in [1.82, 2.24) is 9.29 Å². The Hall–Kier alpha value is -3.07. The van der Waals surface area contributed by atoms with Crippen LogP contribution < -0.4 is 10.7 Å². The first-order chi connectivity index (χ1) is 11.3. The Morgan fingerprint density at radius 3 is 2.67 bits per heavy atom. The molecule has 3 N–H and O–H groups in total. The highest BCUT2D eigenvalue weighted by Crippen LogP contribution is 2.34. The maximum Gasteiger partial charge on any atom is 0.277 e. The molecule has 3 rings (SSSR count). The smallest absolute Gasteiger partial charge is 0.277 e. The average molecular weight is 347 g/mol. The van der Waals surface area contributed by atoms with Gasteiger partial charge in [-0.05, 0) is 12.1 Å². The first kappa shape index (κ1) is 15.8. The van der Waals surface area contributed by atoms with Gasteiger partial charge in [0.05, 0.1) is 4.90 Å². The van der Waals surface area contributed by atoms with E-state index in [1.807, 2.05) is 0 Å². The first-order valence-corrected chi connectivity index (χ1v) is 8.28. The Morgan fingerprint density at radius 2 is 1.96 bits per heavy atom. The molecule has 0 atom stereocenters. The third kappa shape index (κ3) is 2.44. The maximum atomic E-state index is 12.5. The Kier molecular flexibility index (Phi) is 3.64. The summed E-state index contributed by atoms with van der Waals surface area (Å²) in [7, 11) is -2.79. The summed E-state index contributed by atoms with van der Waals surface area (Å²) in [6.07, 6.45) is 1.34. The minimum Gasteiger partial charge on any atom is -0.505 e. The first-order valence-electron chi connectivity index (χ1n) is 6.84. The molecule has 9 heteroatoms. The Morgan fingerprint density at radius 1 is 1.25 bits per heavy atom. The number of fused-ring (bicyclic) bond motifs is 1. The number of hydrogen-bond donors (Lipinski definition) is 3. The van der Waals surface area contributed by atoms with Crippen LogP contribution in [0.25, 0.3) is 5.76 Å². The number of aromatic amines is 1. The number of nitrogens with one attached hydrogen (secondary N) is 2. The van der Waals surface area contributed by atoms with Crippen molar-refractivity contribution in [3.05, 3.63) is 64.1 Å². The van der Waals surface area contributed by atoms with Gasteiger partial charge in [0, 0.05) is 30.9 Å². The lowest BCUT2D eigenvalue weighted by Gasteiger charge is -2.28. The van der Waals surface area contributed by atoms with Crippen LogP contribution in [0.2, 0.25) is 0 Å². The summed E-state index contributed by atoms with van der Waals surface area (Å²) >= 11 is 0. The van der Waals surface area contributed by atoms with Crippen molar-refractivity contribution in [3.63, 3.8) is 0 Å². The highest BCUT2D eigenvalue weighted by atomic mass is 32.2. The predicted octanol–water partition coefficient (Wildman–Crippen LogP) is 0.874. The number of hydrogen-bond acceptors (Lipinski definition) is 5. The molecule has 1 aromatic heterocycles. The molecule has 8 nitrogen and oxygen atoms in total. The van der Waals surface area contributed by atoms with E-state index < -0.39 is 27.4 Å². The minimum absolute atomic E-state index is 0.0438. The molecule has 0 bridgehead atoms. The van der Waals surface area contributed by atoms with Gasteiger partial charge < -0.3 is 15.4 Å². The summed E-state index contributed by atoms with van der Waals surface area (Å²) in [6, 6.07) is 8.24. The van der Waals surface area contributed by atoms with Gasteiger partial charge in [-0.25, -0.2) is 8.42 Å². The van der Waals surface area contributed by atoms with Crippen molar-refractivity contribution in [2.45, 2.75) is 4.90 Å². The second-order valence-corrected chi connectivity index (χ2v) is 7.00. The van der Waals surface area contributed by atoms with E-state index in [9.17, 15) is 23.1 Å². The molecule has 0 spiro atoms. The van der Waals surface area contributed by atoms with Gasteiger partial charge in [-0.2, -0.15) is 0 Å². The van der Waals surface area contributed by atoms with Gasteiger partial charge in [0.25, 0.3) is 15.9 Å². The molecular formula is C15H13N3O5S. The number of carbonyl (C=O) groups is 1. The molecule has 124 valence electrons. The van der Waals surface area contributed by atoms with Crippen molar-refractivity contribution < 1.29 is 18.3 Å². The number of rotatable bonds is 2. The van der Waals surface area contributed by atoms with Gasteiger partial charge in [-0.3, -0.25) is 13.9 Å². The SMILES string of the molecule is CN1C(C(=O)Nc2cc(=O)cc[nH]2)=C(O)c2ccccc2S1(=O)=O. The molecule has 0 fully saturated rings. The van der Waals surface area contributed by atoms with E-state index in [0.29, 0.717) is 4.31 Å². The number of likely N-dealkylation sites (N-methyl/N-ethyl adjacent to an activating group) is 1. The molecule has 0 saturated carbocycles. The van der Waals surface area contributed by atoms with Crippen LogP contribution >= 0.6 is 0 Å². The number of sulfonamides is 1. The van der Waals surface area contributed by atoms with E-state index in [-0.39, 0.29) is 21.7 Å². The molecule has 0 unspecified atom stereocenters. The predicted molar refractivity (Wildman–Crippen MR) is 86.6 cm³/mol. The van der Waals surface area contributed by atoms with Crippen LogP contribution in [-0.2, 0) is 14.8 Å². The van der Waals surface area contributed by atoms with E-state index >= 15 is 0 Å². The van der Waals surface area contributed by atoms with Crippen LogP contribution in [0.1, 0.15) is 5.56 Å². The summed E-state index contributed by atoms with van der Waals surface area (Å²) in [5, 5.41) is 12.7. The fraction of sp³-hybridized carbons (Fsp3) is 0.0667. The van der Waals surface area contributed by atoms with E-state index in [4.69, 9.17) is 0 Å². The van der Waals surface area contributed by atoms with Crippen molar-refractivity contribution >= 4 is 27.5 Å². The van der Waals surface area contributed by atoms with Gasteiger partial charge in [0.15, 0.2) is 16.9 Å². The molecule has 0 aliphatic carbocycles. The lowest BCUT2D eigenvalue weighted by Crippen LogP contribution is -2.37. The molecule has 2 heterocycles. The fourth-order valence-corrected chi connectivity index (χ4v) is 3.78. The lowest BCUT2D eigenvalue weighted by atomic mass is 10.1. The van der Waals surface area contributed by atoms with Crippen LogP contribution in [0, 0.1) is 0 Å². The largest absolute Gasteiger partial charge is 0.505 e. The second kappa shape index (κ2) is 5.53. The number of nitrogens with zero attached hydrogens (tertiary/aromatic N) is 1. The normalized spacial score (nSPS) is 15.8. The lowest BCUT2D eigenvalue weighted by molar-refractivity contribution is -0.113. The molecule has 1 aromatic carbocycles. The third-order valence-electron chi connectivity index (χ3n) is 3.56. The number of anilines is 1. The molecule has 1 aliphatic rings. The van der Waals surface area contributed by atoms with Gasteiger partial charge in [0.1, 0.15) is 5.82 Å². The third-order valence-corrected chi connectivity index (χ3v) is 5.37. The maximum absolute atomic E-state index is 12.5. The highest BCUT2D eigenvalue weighted by Gasteiger charge is 2.37. The minimum atomic E-state index is -3.97. The summed E-state index contributed by atoms with van der Waals surface area (Å²) in [6.45, 7) is 0. The monoisotopic (exact) mass is 347 g/mol. The van der Waals surface area contributed by atoms with Gasteiger partial charge in [0.2, 0.25) is 0 Å². The topological polar surface area (TPSA) is 120 Å². The van der Waals surface area contributed by atoms with E-state index in [0.717, 1.165) is 6.07 Å². The van der Waals surface area contributed by atoms with Crippen molar-refractivity contribution in [2.75, 3.05) is 12.4 Å². The number of aliphatic hydroxyl groups excluding tert-OH is 1. The zero-order valence-electron chi connectivity index (χ0n) is 12.5. The summed E-state index contributed by atoms with van der Waals surface area (Å²) in [5.74, 6) is -1.24. The molecule has 0 saturated heterocycles. The van der Waals surface area contributed by atoms with Crippen LogP contribution in [0.3, 0.4) is 0 Å². The van der Waals surface area contributed by atoms with Crippen molar-refractivity contribution in [1.29, 1.82) is 0 Å². The Bertz CT molecular complexity index is 1020. The van der Waals surface area contributed by atoms with E-state index in [2.05, 4.69) is 10.3 Å². The molecular weight excluding hydrogens is 334 g/mol. The number of amides is 1. The van der Waals surface area contributed by atoms with E-state index in [1.165, 1.54) is 37.5 Å². The molecule has 1 amide bonds. The van der Waals surface area contributed by atoms with Crippen molar-refractivity contribution in [2.24, 2.45) is 0 Å². The standard InChI is InChI=1S/C15H13N3O5S/c1-18-13(15(21)17-12-8-9(19)6-7-16-12)14(20)10-4-2-3-5-11(10)24(18,22)23/h2-8,20H,1H3,(H2,16,17,19,21). The number of pyridine rings is 1. The van der Waals surface area contributed by atoms with Gasteiger partial charge >= 0.3 is 0 Å². The quantitative estimate of drug-likeness (QED) is 0.745. The Balaban J connectivity index is 2.09. The fourth-order valence-electron chi connectivity index (χ4n) is 2.38. The highest BCUT2D eigenvalue weighted by molar-refractivity contribution is 7.89. The van der Waals surface area contributed by atoms with Crippen LogP contribution in [0.15, 0.2) is 58.0 Å². The van der Waals surface area contributed by atoms with Crippen LogP contribution in [-0.4, -0.2) is 35.8 Å².